The van der Waals surface area contributed by atoms with E-state index in [0.29, 0.717) is 25.3 Å². The summed E-state index contributed by atoms with van der Waals surface area (Å²) in [4.78, 5) is 34.2. The Kier molecular flexibility index (Phi) is 5.80. The molecule has 3 rings (SSSR count). The number of nitrogen functional groups attached to an aromatic ring is 1. The maximum Gasteiger partial charge on any atom is 0.319 e. The smallest absolute Gasteiger partial charge is 0.319 e. The molecule has 0 saturated carbocycles. The van der Waals surface area contributed by atoms with E-state index < -0.39 is 11.8 Å². The second-order valence-corrected chi connectivity index (χ2v) is 6.39. The van der Waals surface area contributed by atoms with Crippen LogP contribution in [0.15, 0.2) is 36.7 Å². The van der Waals surface area contributed by atoms with Gasteiger partial charge in [0.05, 0.1) is 0 Å². The zero-order valence-corrected chi connectivity index (χ0v) is 14.7. The Hall–Kier alpha value is -3.23. The van der Waals surface area contributed by atoms with Crippen LogP contribution in [0.4, 0.5) is 20.7 Å². The number of hydrogen-bond acceptors (Lipinski definition) is 5. The molecular formula is C18H21FN6O2. The number of likely N-dealkylation sites (tertiary alicyclic amines) is 1. The van der Waals surface area contributed by atoms with Crippen molar-refractivity contribution in [3.8, 4) is 0 Å². The van der Waals surface area contributed by atoms with Crippen LogP contribution >= 0.6 is 0 Å². The van der Waals surface area contributed by atoms with E-state index in [1.165, 1.54) is 30.6 Å². The van der Waals surface area contributed by atoms with Gasteiger partial charge in [-0.2, -0.15) is 0 Å². The van der Waals surface area contributed by atoms with E-state index in [1.807, 2.05) is 0 Å². The van der Waals surface area contributed by atoms with Crippen LogP contribution in [0.2, 0.25) is 0 Å². The molecule has 1 aliphatic rings. The van der Waals surface area contributed by atoms with Crippen molar-refractivity contribution >= 4 is 23.4 Å². The fourth-order valence-corrected chi connectivity index (χ4v) is 3.06. The molecule has 4 N–H and O–H groups in total. The van der Waals surface area contributed by atoms with Gasteiger partial charge in [0.15, 0.2) is 11.5 Å². The number of piperidine rings is 1. The average molecular weight is 372 g/mol. The predicted molar refractivity (Wildman–Crippen MR) is 98.5 cm³/mol. The molecule has 1 atom stereocenters. The lowest BCUT2D eigenvalue weighted by molar-refractivity contribution is 0.0670. The zero-order chi connectivity index (χ0) is 19.2. The predicted octanol–water partition coefficient (Wildman–Crippen LogP) is 1.87. The largest absolute Gasteiger partial charge is 0.382 e. The molecule has 1 saturated heterocycles. The van der Waals surface area contributed by atoms with Crippen LogP contribution in [-0.2, 0) is 0 Å². The first-order valence-corrected chi connectivity index (χ1v) is 8.69. The third-order valence-corrected chi connectivity index (χ3v) is 4.37. The minimum absolute atomic E-state index is 0.109. The summed E-state index contributed by atoms with van der Waals surface area (Å²) in [7, 11) is 0. The maximum atomic E-state index is 13.2. The summed E-state index contributed by atoms with van der Waals surface area (Å²) in [5.41, 5.74) is 6.26. The molecule has 0 bridgehead atoms. The van der Waals surface area contributed by atoms with Gasteiger partial charge in [0.2, 0.25) is 0 Å². The van der Waals surface area contributed by atoms with Gasteiger partial charge >= 0.3 is 6.03 Å². The van der Waals surface area contributed by atoms with Crippen molar-refractivity contribution in [3.63, 3.8) is 0 Å². The third kappa shape index (κ3) is 4.90. The van der Waals surface area contributed by atoms with Crippen LogP contribution in [0.25, 0.3) is 0 Å². The Balaban J connectivity index is 1.52. The number of nitrogens with one attached hydrogen (secondary N) is 2. The first kappa shape index (κ1) is 18.6. The van der Waals surface area contributed by atoms with Gasteiger partial charge < -0.3 is 21.3 Å². The van der Waals surface area contributed by atoms with E-state index in [9.17, 15) is 14.0 Å². The number of aromatic nitrogens is 2. The molecule has 1 aromatic heterocycles. The van der Waals surface area contributed by atoms with E-state index in [4.69, 9.17) is 5.73 Å². The lowest BCUT2D eigenvalue weighted by atomic mass is 9.97. The van der Waals surface area contributed by atoms with Crippen molar-refractivity contribution in [2.45, 2.75) is 12.8 Å². The van der Waals surface area contributed by atoms with Crippen molar-refractivity contribution in [1.29, 1.82) is 0 Å². The van der Waals surface area contributed by atoms with Crippen molar-refractivity contribution < 1.29 is 14.0 Å². The zero-order valence-electron chi connectivity index (χ0n) is 14.7. The number of nitrogens with zero attached hydrogens (tertiary/aromatic N) is 3. The first-order valence-electron chi connectivity index (χ1n) is 8.69. The summed E-state index contributed by atoms with van der Waals surface area (Å²) < 4.78 is 13.2. The van der Waals surface area contributed by atoms with Gasteiger partial charge in [0.1, 0.15) is 5.82 Å². The van der Waals surface area contributed by atoms with Crippen molar-refractivity contribution in [3.05, 3.63) is 48.2 Å². The van der Waals surface area contributed by atoms with E-state index in [0.717, 1.165) is 12.8 Å². The summed E-state index contributed by atoms with van der Waals surface area (Å²) in [5.74, 6) is -0.455. The number of halogens is 1. The Bertz CT molecular complexity index is 831. The highest BCUT2D eigenvalue weighted by Gasteiger charge is 2.26. The number of amides is 3. The summed E-state index contributed by atoms with van der Waals surface area (Å²) in [6, 6.07) is 5.26. The second-order valence-electron chi connectivity index (χ2n) is 6.39. The second kappa shape index (κ2) is 8.43. The fraction of sp³-hybridized carbons (Fsp3) is 0.333. The van der Waals surface area contributed by atoms with Crippen LogP contribution in [-0.4, -0.2) is 46.4 Å². The van der Waals surface area contributed by atoms with Crippen molar-refractivity contribution in [1.82, 2.24) is 20.2 Å². The van der Waals surface area contributed by atoms with Crippen LogP contribution < -0.4 is 16.4 Å². The number of nitrogens with two attached hydrogens (primary N) is 1. The highest BCUT2D eigenvalue weighted by atomic mass is 19.1. The monoisotopic (exact) mass is 372 g/mol. The minimum Gasteiger partial charge on any atom is -0.382 e. The molecule has 8 nitrogen and oxygen atoms in total. The normalized spacial score (nSPS) is 16.6. The Morgan fingerprint density at radius 2 is 2.11 bits per heavy atom. The fourth-order valence-electron chi connectivity index (χ4n) is 3.06. The van der Waals surface area contributed by atoms with E-state index in [-0.39, 0.29) is 23.3 Å². The minimum atomic E-state index is -0.419. The van der Waals surface area contributed by atoms with Gasteiger partial charge in [0.25, 0.3) is 5.91 Å². The number of carbonyl (C=O) groups excluding carboxylic acids is 2. The lowest BCUT2D eigenvalue weighted by Crippen LogP contribution is -2.44. The lowest BCUT2D eigenvalue weighted by Gasteiger charge is -2.32. The van der Waals surface area contributed by atoms with Crippen LogP contribution in [0.3, 0.4) is 0 Å². The summed E-state index contributed by atoms with van der Waals surface area (Å²) in [6.45, 7) is 1.51. The van der Waals surface area contributed by atoms with Crippen LogP contribution in [0.1, 0.15) is 23.3 Å². The Morgan fingerprint density at radius 1 is 1.30 bits per heavy atom. The quantitative estimate of drug-likeness (QED) is 0.758. The van der Waals surface area contributed by atoms with Crippen molar-refractivity contribution in [2.75, 3.05) is 30.7 Å². The number of urea groups is 1. The molecule has 3 amide bonds. The molecule has 0 radical (unpaired) electrons. The number of anilines is 2. The molecule has 142 valence electrons. The first-order chi connectivity index (χ1) is 13.0. The van der Waals surface area contributed by atoms with Crippen LogP contribution in [0.5, 0.6) is 0 Å². The van der Waals surface area contributed by atoms with E-state index in [1.54, 1.807) is 11.0 Å². The van der Waals surface area contributed by atoms with Gasteiger partial charge in [-0.15, -0.1) is 0 Å². The summed E-state index contributed by atoms with van der Waals surface area (Å²) >= 11 is 0. The van der Waals surface area contributed by atoms with Gasteiger partial charge in [-0.3, -0.25) is 4.79 Å². The van der Waals surface area contributed by atoms with Gasteiger partial charge in [-0.05, 0) is 37.0 Å². The number of benzene rings is 1. The molecular weight excluding hydrogens is 351 g/mol. The summed E-state index contributed by atoms with van der Waals surface area (Å²) in [5, 5.41) is 5.35. The van der Waals surface area contributed by atoms with E-state index >= 15 is 0 Å². The molecule has 2 aromatic rings. The molecule has 2 heterocycles. The molecule has 0 spiro atoms. The molecule has 27 heavy (non-hydrogen) atoms. The molecule has 1 aliphatic heterocycles. The topological polar surface area (TPSA) is 113 Å². The van der Waals surface area contributed by atoms with Gasteiger partial charge in [-0.1, -0.05) is 6.07 Å². The van der Waals surface area contributed by atoms with E-state index in [2.05, 4.69) is 20.6 Å². The van der Waals surface area contributed by atoms with Gasteiger partial charge in [0, 0.05) is 37.7 Å². The summed E-state index contributed by atoms with van der Waals surface area (Å²) in [6.07, 6.45) is 4.58. The number of carbonyl (C=O) groups is 2. The average Bonchev–Trinajstić information content (AvgIpc) is 2.66. The Labute approximate surface area is 156 Å². The molecule has 1 aromatic carbocycles. The standard InChI is InChI=1S/C18H21FN6O2/c19-13-4-1-5-14(9-13)24-18(27)23-10-12-3-2-8-25(11-12)17(26)15-16(20)22-7-6-21-15/h1,4-7,9,12H,2-3,8,10-11H2,(H2,20,22)(H2,23,24,27). The van der Waals surface area contributed by atoms with Crippen molar-refractivity contribution in [2.24, 2.45) is 5.92 Å². The SMILES string of the molecule is Nc1nccnc1C(=O)N1CCCC(CNC(=O)Nc2cccc(F)c2)C1. The highest BCUT2D eigenvalue weighted by Crippen LogP contribution is 2.19. The molecule has 1 unspecified atom stereocenters. The number of hydrogen-bond donors (Lipinski definition) is 3. The van der Waals surface area contributed by atoms with Crippen LogP contribution in [0, 0.1) is 11.7 Å². The molecule has 1 fully saturated rings. The highest BCUT2D eigenvalue weighted by molar-refractivity contribution is 5.96. The maximum absolute atomic E-state index is 13.2. The third-order valence-electron chi connectivity index (χ3n) is 4.37. The molecule has 0 aliphatic carbocycles. The number of rotatable bonds is 4. The van der Waals surface area contributed by atoms with Gasteiger partial charge in [-0.25, -0.2) is 19.2 Å². The Morgan fingerprint density at radius 3 is 2.89 bits per heavy atom. The molecule has 9 heteroatoms.